The van der Waals surface area contributed by atoms with Gasteiger partial charge in [-0.3, -0.25) is 0 Å². The fourth-order valence-corrected chi connectivity index (χ4v) is 3.59. The molecule has 5 heteroatoms. The van der Waals surface area contributed by atoms with Gasteiger partial charge in [0.25, 0.3) is 0 Å². The second-order valence-electron chi connectivity index (χ2n) is 4.11. The van der Waals surface area contributed by atoms with Crippen molar-refractivity contribution in [3.63, 3.8) is 0 Å². The van der Waals surface area contributed by atoms with Gasteiger partial charge in [-0.15, -0.1) is 11.8 Å². The summed E-state index contributed by atoms with van der Waals surface area (Å²) in [6.45, 7) is 1.93. The van der Waals surface area contributed by atoms with Crippen LogP contribution in [0.5, 0.6) is 5.75 Å². The molecule has 0 aliphatic heterocycles. The normalized spacial score (nSPS) is 10.7. The molecule has 2 aromatic rings. The Morgan fingerprint density at radius 3 is 2.42 bits per heavy atom. The number of halogens is 3. The molecule has 0 saturated carbocycles. The molecular formula is C14H11Cl3OS. The first kappa shape index (κ1) is 14.9. The van der Waals surface area contributed by atoms with Crippen molar-refractivity contribution in [2.75, 3.05) is 0 Å². The maximum atomic E-state index is 9.56. The largest absolute Gasteiger partial charge is 0.508 e. The maximum absolute atomic E-state index is 9.56. The summed E-state index contributed by atoms with van der Waals surface area (Å²) in [5.74, 6) is 0.854. The minimum Gasteiger partial charge on any atom is -0.508 e. The van der Waals surface area contributed by atoms with Crippen LogP contribution in [0.4, 0.5) is 0 Å². The highest BCUT2D eigenvalue weighted by atomic mass is 35.5. The molecule has 0 amide bonds. The van der Waals surface area contributed by atoms with E-state index in [1.165, 1.54) is 0 Å². The van der Waals surface area contributed by atoms with Gasteiger partial charge in [0.05, 0.1) is 10.0 Å². The highest BCUT2D eigenvalue weighted by Crippen LogP contribution is 2.36. The van der Waals surface area contributed by atoms with E-state index in [9.17, 15) is 5.11 Å². The Balaban J connectivity index is 2.21. The van der Waals surface area contributed by atoms with Crippen molar-refractivity contribution in [3.05, 3.63) is 56.5 Å². The van der Waals surface area contributed by atoms with Crippen LogP contribution >= 0.6 is 46.6 Å². The van der Waals surface area contributed by atoms with Gasteiger partial charge >= 0.3 is 0 Å². The van der Waals surface area contributed by atoms with E-state index in [0.29, 0.717) is 20.8 Å². The van der Waals surface area contributed by atoms with Crippen molar-refractivity contribution >= 4 is 46.6 Å². The lowest BCUT2D eigenvalue weighted by Crippen LogP contribution is -1.86. The van der Waals surface area contributed by atoms with Gasteiger partial charge in [0.2, 0.25) is 0 Å². The van der Waals surface area contributed by atoms with Crippen LogP contribution in [0.25, 0.3) is 0 Å². The number of aryl methyl sites for hydroxylation is 1. The zero-order chi connectivity index (χ0) is 14.0. The molecule has 19 heavy (non-hydrogen) atoms. The highest BCUT2D eigenvalue weighted by molar-refractivity contribution is 7.98. The predicted octanol–water partition coefficient (Wildman–Crippen LogP) is 5.95. The summed E-state index contributed by atoms with van der Waals surface area (Å²) in [4.78, 5) is 0.963. The van der Waals surface area contributed by atoms with Crippen LogP contribution in [0.2, 0.25) is 15.1 Å². The summed E-state index contributed by atoms with van der Waals surface area (Å²) in [7, 11) is 0. The molecule has 1 nitrogen and oxygen atoms in total. The van der Waals surface area contributed by atoms with Crippen LogP contribution in [0.1, 0.15) is 11.1 Å². The predicted molar refractivity (Wildman–Crippen MR) is 83.9 cm³/mol. The van der Waals surface area contributed by atoms with Gasteiger partial charge in [-0.1, -0.05) is 34.8 Å². The van der Waals surface area contributed by atoms with Crippen molar-refractivity contribution in [2.45, 2.75) is 17.6 Å². The van der Waals surface area contributed by atoms with Crippen LogP contribution in [-0.4, -0.2) is 5.11 Å². The Kier molecular flexibility index (Phi) is 4.91. The molecule has 1 N–H and O–H groups in total. The monoisotopic (exact) mass is 332 g/mol. The number of thioether (sulfide) groups is 1. The first-order valence-corrected chi connectivity index (χ1v) is 7.65. The highest BCUT2D eigenvalue weighted by Gasteiger charge is 2.10. The third-order valence-electron chi connectivity index (χ3n) is 2.56. The van der Waals surface area contributed by atoms with Crippen molar-refractivity contribution in [3.8, 4) is 5.75 Å². The summed E-state index contributed by atoms with van der Waals surface area (Å²) in [6, 6.07) is 8.84. The van der Waals surface area contributed by atoms with Crippen LogP contribution in [0.3, 0.4) is 0 Å². The van der Waals surface area contributed by atoms with Gasteiger partial charge in [0, 0.05) is 21.2 Å². The van der Waals surface area contributed by atoms with Gasteiger partial charge in [-0.25, -0.2) is 0 Å². The van der Waals surface area contributed by atoms with E-state index >= 15 is 0 Å². The summed E-state index contributed by atoms with van der Waals surface area (Å²) in [5.41, 5.74) is 1.81. The Bertz CT molecular complexity index is 594. The summed E-state index contributed by atoms with van der Waals surface area (Å²) < 4.78 is 0. The molecule has 0 aliphatic rings. The maximum Gasteiger partial charge on any atom is 0.116 e. The third kappa shape index (κ3) is 3.73. The molecular weight excluding hydrogens is 323 g/mol. The topological polar surface area (TPSA) is 20.2 Å². The van der Waals surface area contributed by atoms with Crippen LogP contribution in [0, 0.1) is 6.92 Å². The molecule has 2 aromatic carbocycles. The average Bonchev–Trinajstić information content (AvgIpc) is 2.33. The molecule has 0 spiro atoms. The quantitative estimate of drug-likeness (QED) is 0.553. The molecule has 0 heterocycles. The minimum atomic E-state index is 0.255. The van der Waals surface area contributed by atoms with Crippen LogP contribution in [0.15, 0.2) is 35.2 Å². The lowest BCUT2D eigenvalue weighted by molar-refractivity contribution is 0.473. The Labute approximate surface area is 131 Å². The van der Waals surface area contributed by atoms with Gasteiger partial charge in [0.1, 0.15) is 5.75 Å². The number of phenolic OH excluding ortho intramolecular Hbond substituents is 1. The Morgan fingerprint density at radius 2 is 1.74 bits per heavy atom. The summed E-state index contributed by atoms with van der Waals surface area (Å²) in [6.07, 6.45) is 0. The summed E-state index contributed by atoms with van der Waals surface area (Å²) >= 11 is 19.8. The molecule has 0 aromatic heterocycles. The molecule has 0 bridgehead atoms. The van der Waals surface area contributed by atoms with E-state index in [1.54, 1.807) is 36.0 Å². The fourth-order valence-electron chi connectivity index (χ4n) is 1.67. The summed E-state index contributed by atoms with van der Waals surface area (Å²) in [5, 5.41) is 11.1. The molecule has 0 fully saturated rings. The lowest BCUT2D eigenvalue weighted by Gasteiger charge is -2.09. The number of rotatable bonds is 3. The molecule has 0 aliphatic carbocycles. The third-order valence-corrected chi connectivity index (χ3v) is 4.76. The Morgan fingerprint density at radius 1 is 1.05 bits per heavy atom. The zero-order valence-corrected chi connectivity index (χ0v) is 13.2. The van der Waals surface area contributed by atoms with Crippen molar-refractivity contribution in [1.29, 1.82) is 0 Å². The Hall–Kier alpha value is -0.540. The first-order chi connectivity index (χ1) is 8.97. The van der Waals surface area contributed by atoms with Crippen molar-refractivity contribution < 1.29 is 5.11 Å². The van der Waals surface area contributed by atoms with E-state index in [0.717, 1.165) is 16.0 Å². The standard InChI is InChI=1S/C14H11Cl3OS/c1-8-4-9(18)6-10(5-8)19-7-11-12(15)2-3-13(16)14(11)17/h2-6,18H,7H2,1H3. The smallest absolute Gasteiger partial charge is 0.116 e. The lowest BCUT2D eigenvalue weighted by atomic mass is 10.2. The number of aromatic hydroxyl groups is 1. The molecule has 0 saturated heterocycles. The number of hydrogen-bond donors (Lipinski definition) is 1. The van der Waals surface area contributed by atoms with E-state index in [1.807, 2.05) is 13.0 Å². The SMILES string of the molecule is Cc1cc(O)cc(SCc2c(Cl)ccc(Cl)c2Cl)c1. The second kappa shape index (κ2) is 6.27. The van der Waals surface area contributed by atoms with E-state index in [4.69, 9.17) is 34.8 Å². The molecule has 0 radical (unpaired) electrons. The van der Waals surface area contributed by atoms with Gasteiger partial charge in [-0.2, -0.15) is 0 Å². The number of phenols is 1. The van der Waals surface area contributed by atoms with Gasteiger partial charge in [-0.05, 0) is 42.8 Å². The zero-order valence-electron chi connectivity index (χ0n) is 10.1. The average molecular weight is 334 g/mol. The van der Waals surface area contributed by atoms with Crippen LogP contribution in [-0.2, 0) is 5.75 Å². The minimum absolute atomic E-state index is 0.255. The van der Waals surface area contributed by atoms with E-state index in [-0.39, 0.29) is 5.75 Å². The van der Waals surface area contributed by atoms with Crippen LogP contribution < -0.4 is 0 Å². The van der Waals surface area contributed by atoms with Crippen molar-refractivity contribution in [1.82, 2.24) is 0 Å². The number of benzene rings is 2. The van der Waals surface area contributed by atoms with E-state index in [2.05, 4.69) is 0 Å². The molecule has 100 valence electrons. The molecule has 0 unspecified atom stereocenters. The second-order valence-corrected chi connectivity index (χ2v) is 6.36. The molecule has 2 rings (SSSR count). The van der Waals surface area contributed by atoms with E-state index < -0.39 is 0 Å². The van der Waals surface area contributed by atoms with Gasteiger partial charge < -0.3 is 5.11 Å². The van der Waals surface area contributed by atoms with Crippen molar-refractivity contribution in [2.24, 2.45) is 0 Å². The molecule has 0 atom stereocenters. The van der Waals surface area contributed by atoms with Gasteiger partial charge in [0.15, 0.2) is 0 Å². The fraction of sp³-hybridized carbons (Fsp3) is 0.143. The number of hydrogen-bond acceptors (Lipinski definition) is 2. The first-order valence-electron chi connectivity index (χ1n) is 5.53.